The number of rotatable bonds is 5. The SMILES string of the molecule is O=C(CCCCl)NC1CCN(C(=O)c2cccc(Br)c2)CC1. The van der Waals surface area contributed by atoms with E-state index in [9.17, 15) is 9.59 Å². The molecule has 1 aliphatic rings. The second-order valence-electron chi connectivity index (χ2n) is 5.44. The van der Waals surface area contributed by atoms with Crippen molar-refractivity contribution >= 4 is 39.3 Å². The van der Waals surface area contributed by atoms with Crippen molar-refractivity contribution in [2.75, 3.05) is 19.0 Å². The molecule has 1 aliphatic heterocycles. The number of hydrogen-bond donors (Lipinski definition) is 1. The van der Waals surface area contributed by atoms with Crippen LogP contribution in [0.1, 0.15) is 36.0 Å². The van der Waals surface area contributed by atoms with E-state index in [2.05, 4.69) is 21.2 Å². The van der Waals surface area contributed by atoms with Crippen molar-refractivity contribution in [2.45, 2.75) is 31.7 Å². The number of benzene rings is 1. The molecule has 22 heavy (non-hydrogen) atoms. The fraction of sp³-hybridized carbons (Fsp3) is 0.500. The molecule has 2 amide bonds. The number of halogens is 2. The lowest BCUT2D eigenvalue weighted by molar-refractivity contribution is -0.122. The van der Waals surface area contributed by atoms with Crippen LogP contribution in [0.15, 0.2) is 28.7 Å². The maximum Gasteiger partial charge on any atom is 0.253 e. The molecule has 0 unspecified atom stereocenters. The molecular weight excluding hydrogens is 368 g/mol. The molecule has 4 nitrogen and oxygen atoms in total. The van der Waals surface area contributed by atoms with E-state index in [4.69, 9.17) is 11.6 Å². The Balaban J connectivity index is 1.82. The lowest BCUT2D eigenvalue weighted by Crippen LogP contribution is -2.46. The summed E-state index contributed by atoms with van der Waals surface area (Å²) in [5, 5.41) is 3.02. The van der Waals surface area contributed by atoms with Crippen molar-refractivity contribution in [2.24, 2.45) is 0 Å². The van der Waals surface area contributed by atoms with Gasteiger partial charge in [-0.05, 0) is 37.5 Å². The summed E-state index contributed by atoms with van der Waals surface area (Å²) in [7, 11) is 0. The Morgan fingerprint density at radius 3 is 2.68 bits per heavy atom. The zero-order valence-electron chi connectivity index (χ0n) is 12.4. The second-order valence-corrected chi connectivity index (χ2v) is 6.73. The van der Waals surface area contributed by atoms with E-state index in [1.165, 1.54) is 0 Å². The third-order valence-electron chi connectivity index (χ3n) is 3.76. The van der Waals surface area contributed by atoms with Gasteiger partial charge in [0.05, 0.1) is 0 Å². The third-order valence-corrected chi connectivity index (χ3v) is 4.52. The van der Waals surface area contributed by atoms with Crippen molar-refractivity contribution in [3.8, 4) is 0 Å². The van der Waals surface area contributed by atoms with E-state index in [0.717, 1.165) is 17.3 Å². The van der Waals surface area contributed by atoms with Crippen LogP contribution >= 0.6 is 27.5 Å². The Kier molecular flexibility index (Phi) is 6.70. The number of likely N-dealkylation sites (tertiary alicyclic amines) is 1. The summed E-state index contributed by atoms with van der Waals surface area (Å²) in [4.78, 5) is 26.0. The van der Waals surface area contributed by atoms with Gasteiger partial charge in [-0.15, -0.1) is 11.6 Å². The first kappa shape index (κ1) is 17.3. The van der Waals surface area contributed by atoms with Crippen LogP contribution in [0, 0.1) is 0 Å². The molecule has 1 fully saturated rings. The van der Waals surface area contributed by atoms with Gasteiger partial charge in [0.2, 0.25) is 5.91 Å². The van der Waals surface area contributed by atoms with Crippen LogP contribution in [-0.4, -0.2) is 41.7 Å². The van der Waals surface area contributed by atoms with Crippen LogP contribution in [0.4, 0.5) is 0 Å². The predicted molar refractivity (Wildman–Crippen MR) is 91.2 cm³/mol. The predicted octanol–water partition coefficient (Wildman–Crippen LogP) is 3.19. The van der Waals surface area contributed by atoms with Crippen molar-refractivity contribution < 1.29 is 9.59 Å². The number of hydrogen-bond acceptors (Lipinski definition) is 2. The van der Waals surface area contributed by atoms with Gasteiger partial charge in [-0.2, -0.15) is 0 Å². The molecule has 1 N–H and O–H groups in total. The maximum absolute atomic E-state index is 12.4. The first-order chi connectivity index (χ1) is 10.6. The minimum Gasteiger partial charge on any atom is -0.353 e. The van der Waals surface area contributed by atoms with E-state index in [1.54, 1.807) is 0 Å². The highest BCUT2D eigenvalue weighted by molar-refractivity contribution is 9.10. The highest BCUT2D eigenvalue weighted by atomic mass is 79.9. The van der Waals surface area contributed by atoms with Crippen LogP contribution in [0.25, 0.3) is 0 Å². The third kappa shape index (κ3) is 4.99. The Morgan fingerprint density at radius 1 is 1.32 bits per heavy atom. The molecular formula is C16H20BrClN2O2. The molecule has 0 radical (unpaired) electrons. The molecule has 0 saturated carbocycles. The summed E-state index contributed by atoms with van der Waals surface area (Å²) in [6, 6.07) is 7.59. The largest absolute Gasteiger partial charge is 0.353 e. The molecule has 1 saturated heterocycles. The van der Waals surface area contributed by atoms with Crippen molar-refractivity contribution in [1.29, 1.82) is 0 Å². The van der Waals surface area contributed by atoms with Crippen LogP contribution in [-0.2, 0) is 4.79 Å². The van der Waals surface area contributed by atoms with Crippen molar-refractivity contribution in [3.63, 3.8) is 0 Å². The highest BCUT2D eigenvalue weighted by Crippen LogP contribution is 2.17. The summed E-state index contributed by atoms with van der Waals surface area (Å²) in [6.07, 6.45) is 2.77. The summed E-state index contributed by atoms with van der Waals surface area (Å²) >= 11 is 8.97. The minimum absolute atomic E-state index is 0.0493. The Bertz CT molecular complexity index is 531. The summed E-state index contributed by atoms with van der Waals surface area (Å²) in [6.45, 7) is 1.34. The Hall–Kier alpha value is -1.07. The van der Waals surface area contributed by atoms with Crippen molar-refractivity contribution in [1.82, 2.24) is 10.2 Å². The van der Waals surface area contributed by atoms with Gasteiger partial charge in [0.1, 0.15) is 0 Å². The first-order valence-corrected chi connectivity index (χ1v) is 8.83. The molecule has 120 valence electrons. The van der Waals surface area contributed by atoms with E-state index in [1.807, 2.05) is 29.2 Å². The number of nitrogens with one attached hydrogen (secondary N) is 1. The molecule has 1 heterocycles. The quantitative estimate of drug-likeness (QED) is 0.789. The second kappa shape index (κ2) is 8.53. The number of nitrogens with zero attached hydrogens (tertiary/aromatic N) is 1. The lowest BCUT2D eigenvalue weighted by Gasteiger charge is -2.32. The van der Waals surface area contributed by atoms with Gasteiger partial charge < -0.3 is 10.2 Å². The summed E-state index contributed by atoms with van der Waals surface area (Å²) in [5.41, 5.74) is 0.693. The Morgan fingerprint density at radius 2 is 2.05 bits per heavy atom. The molecule has 2 rings (SSSR count). The fourth-order valence-corrected chi connectivity index (χ4v) is 3.09. The van der Waals surface area contributed by atoms with E-state index >= 15 is 0 Å². The van der Waals surface area contributed by atoms with Gasteiger partial charge >= 0.3 is 0 Å². The number of piperidine rings is 1. The van der Waals surface area contributed by atoms with Crippen LogP contribution in [0.5, 0.6) is 0 Å². The van der Waals surface area contributed by atoms with Gasteiger partial charge in [0, 0.05) is 41.5 Å². The number of alkyl halides is 1. The molecule has 0 aliphatic carbocycles. The highest BCUT2D eigenvalue weighted by Gasteiger charge is 2.24. The van der Waals surface area contributed by atoms with Crippen LogP contribution in [0.3, 0.4) is 0 Å². The fourth-order valence-electron chi connectivity index (χ4n) is 2.56. The average Bonchev–Trinajstić information content (AvgIpc) is 2.53. The molecule has 1 aromatic carbocycles. The van der Waals surface area contributed by atoms with E-state index < -0.39 is 0 Å². The smallest absolute Gasteiger partial charge is 0.253 e. The monoisotopic (exact) mass is 386 g/mol. The first-order valence-electron chi connectivity index (χ1n) is 7.50. The summed E-state index contributed by atoms with van der Waals surface area (Å²) in [5.74, 6) is 0.609. The topological polar surface area (TPSA) is 49.4 Å². The molecule has 1 aromatic rings. The Labute approximate surface area is 144 Å². The molecule has 6 heteroatoms. The number of amides is 2. The molecule has 0 aromatic heterocycles. The van der Waals surface area contributed by atoms with Gasteiger partial charge in [-0.1, -0.05) is 22.0 Å². The van der Waals surface area contributed by atoms with Gasteiger partial charge in [0.15, 0.2) is 0 Å². The van der Waals surface area contributed by atoms with Crippen molar-refractivity contribution in [3.05, 3.63) is 34.3 Å². The number of carbonyl (C=O) groups is 2. The van der Waals surface area contributed by atoms with Gasteiger partial charge in [-0.3, -0.25) is 9.59 Å². The molecule has 0 bridgehead atoms. The molecule has 0 spiro atoms. The van der Waals surface area contributed by atoms with Crippen LogP contribution in [0.2, 0.25) is 0 Å². The van der Waals surface area contributed by atoms with E-state index in [-0.39, 0.29) is 17.9 Å². The van der Waals surface area contributed by atoms with E-state index in [0.29, 0.717) is 37.4 Å². The summed E-state index contributed by atoms with van der Waals surface area (Å²) < 4.78 is 0.903. The van der Waals surface area contributed by atoms with Gasteiger partial charge in [-0.25, -0.2) is 0 Å². The lowest BCUT2D eigenvalue weighted by atomic mass is 10.0. The molecule has 0 atom stereocenters. The van der Waals surface area contributed by atoms with Gasteiger partial charge in [0.25, 0.3) is 5.91 Å². The maximum atomic E-state index is 12.4. The number of carbonyl (C=O) groups excluding carboxylic acids is 2. The minimum atomic E-state index is 0.0493. The zero-order chi connectivity index (χ0) is 15.9. The normalized spacial score (nSPS) is 15.6. The van der Waals surface area contributed by atoms with Crippen LogP contribution < -0.4 is 5.32 Å². The standard InChI is InChI=1S/C16H20BrClN2O2/c17-13-4-1-3-12(11-13)16(22)20-9-6-14(7-10-20)19-15(21)5-2-8-18/h1,3-4,11,14H,2,5-10H2,(H,19,21). The average molecular weight is 388 g/mol. The zero-order valence-corrected chi connectivity index (χ0v) is 14.7.